The van der Waals surface area contributed by atoms with Crippen LogP contribution in [0, 0.1) is 11.3 Å². The van der Waals surface area contributed by atoms with Gasteiger partial charge in [0.05, 0.1) is 20.3 Å². The maximum absolute atomic E-state index is 14.6. The van der Waals surface area contributed by atoms with E-state index in [0.29, 0.717) is 5.69 Å². The zero-order valence-electron chi connectivity index (χ0n) is 20.4. The van der Waals surface area contributed by atoms with Crippen molar-refractivity contribution in [1.82, 2.24) is 0 Å². The molecule has 2 heterocycles. The quantitative estimate of drug-likeness (QED) is 0.290. The van der Waals surface area contributed by atoms with Gasteiger partial charge in [-0.2, -0.15) is 0 Å². The lowest BCUT2D eigenvalue weighted by Gasteiger charge is -2.38. The summed E-state index contributed by atoms with van der Waals surface area (Å²) in [4.78, 5) is 57.9. The first-order valence-electron chi connectivity index (χ1n) is 11.9. The minimum atomic E-state index is -2.02. The van der Waals surface area contributed by atoms with Crippen LogP contribution >= 0.6 is 0 Å². The molecule has 0 saturated carbocycles. The third-order valence-corrected chi connectivity index (χ3v) is 7.27. The molecule has 3 aromatic carbocycles. The maximum atomic E-state index is 14.6. The van der Waals surface area contributed by atoms with Gasteiger partial charge >= 0.3 is 11.9 Å². The third kappa shape index (κ3) is 3.57. The van der Waals surface area contributed by atoms with Crippen molar-refractivity contribution >= 4 is 35.3 Å². The highest BCUT2D eigenvalue weighted by atomic mass is 16.5. The van der Waals surface area contributed by atoms with Crippen LogP contribution in [0.1, 0.15) is 26.3 Å². The second-order valence-electron chi connectivity index (χ2n) is 9.00. The van der Waals surface area contributed by atoms with E-state index < -0.39 is 46.9 Å². The molecule has 0 radical (unpaired) electrons. The molecule has 7 nitrogen and oxygen atoms in total. The highest BCUT2D eigenvalue weighted by Crippen LogP contribution is 2.54. The number of anilines is 1. The predicted molar refractivity (Wildman–Crippen MR) is 137 cm³/mol. The number of methoxy groups -OCH3 is 2. The molecule has 2 aliphatic heterocycles. The van der Waals surface area contributed by atoms with Crippen molar-refractivity contribution in [3.8, 4) is 0 Å². The summed E-state index contributed by atoms with van der Waals surface area (Å²) in [6.07, 6.45) is 3.54. The van der Waals surface area contributed by atoms with Gasteiger partial charge in [-0.1, -0.05) is 91.0 Å². The first-order chi connectivity index (χ1) is 18.0. The molecule has 0 N–H and O–H groups in total. The number of carbonyl (C=O) groups is 4. The van der Waals surface area contributed by atoms with E-state index in [4.69, 9.17) is 9.47 Å². The van der Waals surface area contributed by atoms with E-state index >= 15 is 0 Å². The molecule has 0 aliphatic carbocycles. The fourth-order valence-electron chi connectivity index (χ4n) is 5.71. The number of carbonyl (C=O) groups excluding carboxylic acids is 4. The van der Waals surface area contributed by atoms with Crippen LogP contribution < -0.4 is 4.90 Å². The number of hydrogen-bond donors (Lipinski definition) is 0. The molecule has 5 rings (SSSR count). The number of fused-ring (bicyclic) bond motifs is 3. The molecule has 3 atom stereocenters. The molecule has 0 amide bonds. The summed E-state index contributed by atoms with van der Waals surface area (Å²) in [5.41, 5.74) is -0.121. The highest BCUT2D eigenvalue weighted by Gasteiger charge is 2.71. The Hall–Kier alpha value is -4.52. The van der Waals surface area contributed by atoms with Crippen molar-refractivity contribution < 1.29 is 28.7 Å². The molecular weight excluding hydrogens is 470 g/mol. The van der Waals surface area contributed by atoms with Crippen molar-refractivity contribution in [2.75, 3.05) is 19.1 Å². The Balaban J connectivity index is 1.87. The van der Waals surface area contributed by atoms with Crippen molar-refractivity contribution in [1.29, 1.82) is 0 Å². The van der Waals surface area contributed by atoms with Gasteiger partial charge in [0.25, 0.3) is 0 Å². The summed E-state index contributed by atoms with van der Waals surface area (Å²) in [6, 6.07) is 21.8. The van der Waals surface area contributed by atoms with Crippen LogP contribution in [0.4, 0.5) is 5.69 Å². The van der Waals surface area contributed by atoms with Gasteiger partial charge in [-0.05, 0) is 11.6 Å². The van der Waals surface area contributed by atoms with Crippen molar-refractivity contribution in [2.24, 2.45) is 11.3 Å². The molecule has 0 bridgehead atoms. The van der Waals surface area contributed by atoms with Crippen molar-refractivity contribution in [3.05, 3.63) is 108 Å². The van der Waals surface area contributed by atoms with Crippen LogP contribution in [0.2, 0.25) is 0 Å². The minimum absolute atomic E-state index is 0.249. The molecule has 0 aromatic heterocycles. The lowest BCUT2D eigenvalue weighted by molar-refractivity contribution is -0.154. The number of benzene rings is 3. The fraction of sp³-hybridized carbons (Fsp3) is 0.200. The van der Waals surface area contributed by atoms with Crippen LogP contribution in [0.5, 0.6) is 0 Å². The number of rotatable bonds is 6. The molecular formula is C30H25NO6. The molecule has 3 aromatic rings. The van der Waals surface area contributed by atoms with Gasteiger partial charge in [-0.3, -0.25) is 14.4 Å². The van der Waals surface area contributed by atoms with E-state index in [0.717, 1.165) is 5.56 Å². The summed E-state index contributed by atoms with van der Waals surface area (Å²) >= 11 is 0. The fourth-order valence-corrected chi connectivity index (χ4v) is 5.71. The van der Waals surface area contributed by atoms with E-state index in [-0.39, 0.29) is 11.1 Å². The van der Waals surface area contributed by atoms with Gasteiger partial charge in [-0.15, -0.1) is 0 Å². The predicted octanol–water partition coefficient (Wildman–Crippen LogP) is 3.99. The van der Waals surface area contributed by atoms with Gasteiger partial charge in [0.2, 0.25) is 0 Å². The summed E-state index contributed by atoms with van der Waals surface area (Å²) in [5.74, 6) is -4.20. The number of ketones is 2. The third-order valence-electron chi connectivity index (χ3n) is 7.27. The summed E-state index contributed by atoms with van der Waals surface area (Å²) in [5, 5.41) is 0. The number of para-hydroxylation sites is 1. The Kier molecular flexibility index (Phi) is 6.21. The molecule has 1 saturated heterocycles. The zero-order chi connectivity index (χ0) is 26.2. The van der Waals surface area contributed by atoms with Crippen LogP contribution in [0.3, 0.4) is 0 Å². The average Bonchev–Trinajstić information content (AvgIpc) is 3.28. The summed E-state index contributed by atoms with van der Waals surface area (Å²) < 4.78 is 10.3. The normalized spacial score (nSPS) is 20.9. The topological polar surface area (TPSA) is 90.0 Å². The van der Waals surface area contributed by atoms with Gasteiger partial charge in [0.1, 0.15) is 17.4 Å². The molecule has 2 aliphatic rings. The Labute approximate surface area is 214 Å². The Morgan fingerprint density at radius 1 is 0.703 bits per heavy atom. The number of Topliss-reactive ketones (excluding diaryl/α,β-unsaturated/α-hetero) is 2. The Morgan fingerprint density at radius 3 is 1.76 bits per heavy atom. The Bertz CT molecular complexity index is 1350. The molecule has 37 heavy (non-hydrogen) atoms. The van der Waals surface area contributed by atoms with Crippen LogP contribution in [0.15, 0.2) is 91.0 Å². The minimum Gasteiger partial charge on any atom is -0.469 e. The molecule has 3 unspecified atom stereocenters. The SMILES string of the molecule is COC(=O)C1C(C(=O)OC)C(C(=O)c2ccccc2)(C(=O)c2ccccc2)C2C=Cc3ccccc3N12. The highest BCUT2D eigenvalue weighted by molar-refractivity contribution is 6.24. The van der Waals surface area contributed by atoms with Crippen LogP contribution in [0.25, 0.3) is 6.08 Å². The molecule has 1 fully saturated rings. The lowest BCUT2D eigenvalue weighted by Crippen LogP contribution is -2.54. The van der Waals surface area contributed by atoms with E-state index in [1.807, 2.05) is 18.2 Å². The van der Waals surface area contributed by atoms with Crippen molar-refractivity contribution in [3.63, 3.8) is 0 Å². The van der Waals surface area contributed by atoms with E-state index in [1.165, 1.54) is 14.2 Å². The molecule has 0 spiro atoms. The van der Waals surface area contributed by atoms with E-state index in [1.54, 1.807) is 83.8 Å². The average molecular weight is 496 g/mol. The smallest absolute Gasteiger partial charge is 0.329 e. The monoisotopic (exact) mass is 495 g/mol. The summed E-state index contributed by atoms with van der Waals surface area (Å²) in [7, 11) is 2.40. The number of nitrogens with zero attached hydrogens (tertiary/aromatic N) is 1. The number of esters is 2. The summed E-state index contributed by atoms with van der Waals surface area (Å²) in [6.45, 7) is 0. The second kappa shape index (κ2) is 9.50. The first kappa shape index (κ1) is 24.2. The largest absolute Gasteiger partial charge is 0.469 e. The zero-order valence-corrected chi connectivity index (χ0v) is 20.4. The number of ether oxygens (including phenoxy) is 2. The van der Waals surface area contributed by atoms with Gasteiger partial charge in [-0.25, -0.2) is 4.79 Å². The standard InChI is InChI=1S/C30H25NO6/c1-36-28(34)24-25(29(35)37-2)31-22-16-10-9-11-19(22)17-18-23(31)30(24,26(32)20-12-5-3-6-13-20)27(33)21-14-7-4-8-15-21/h3-18,23-25H,1-2H3. The van der Waals surface area contributed by atoms with Crippen LogP contribution in [-0.2, 0) is 19.1 Å². The van der Waals surface area contributed by atoms with Gasteiger partial charge in [0, 0.05) is 16.8 Å². The lowest BCUT2D eigenvalue weighted by atomic mass is 9.62. The molecule has 7 heteroatoms. The van der Waals surface area contributed by atoms with Crippen molar-refractivity contribution in [2.45, 2.75) is 12.1 Å². The number of hydrogen-bond acceptors (Lipinski definition) is 7. The van der Waals surface area contributed by atoms with Gasteiger partial charge < -0.3 is 14.4 Å². The second-order valence-corrected chi connectivity index (χ2v) is 9.00. The molecule has 186 valence electrons. The first-order valence-corrected chi connectivity index (χ1v) is 11.9. The van der Waals surface area contributed by atoms with Crippen LogP contribution in [-0.4, -0.2) is 49.8 Å². The Morgan fingerprint density at radius 2 is 1.22 bits per heavy atom. The van der Waals surface area contributed by atoms with E-state index in [9.17, 15) is 19.2 Å². The maximum Gasteiger partial charge on any atom is 0.329 e. The van der Waals surface area contributed by atoms with Gasteiger partial charge in [0.15, 0.2) is 11.6 Å². The van der Waals surface area contributed by atoms with E-state index in [2.05, 4.69) is 0 Å².